The third kappa shape index (κ3) is 5.53. The second kappa shape index (κ2) is 2.67. The van der Waals surface area contributed by atoms with Crippen LogP contribution in [0, 0.1) is 0 Å². The summed E-state index contributed by atoms with van der Waals surface area (Å²) >= 11 is 0. The Morgan fingerprint density at radius 2 is 2.29 bits per heavy atom. The molecule has 0 aromatic heterocycles. The molecule has 0 saturated carbocycles. The second-order valence-corrected chi connectivity index (χ2v) is 1.66. The van der Waals surface area contributed by atoms with Gasteiger partial charge in [-0.25, -0.2) is 0 Å². The van der Waals surface area contributed by atoms with Gasteiger partial charge in [0.1, 0.15) is 0 Å². The lowest BCUT2D eigenvalue weighted by Crippen LogP contribution is -2.10. The lowest BCUT2D eigenvalue weighted by molar-refractivity contribution is -0.142. The third-order valence-electron chi connectivity index (χ3n) is 0.402. The molecule has 2 nitrogen and oxygen atoms in total. The summed E-state index contributed by atoms with van der Waals surface area (Å²) in [5.41, 5.74) is 0. The number of rotatable bonds is 1. The van der Waals surface area contributed by atoms with Crippen LogP contribution in [0.3, 0.4) is 0 Å². The fourth-order valence-corrected chi connectivity index (χ4v) is 0.332. The maximum absolute atomic E-state index is 10.0. The molecule has 0 bridgehead atoms. The smallest absolute Gasteiger partial charge is 0.302 e. The van der Waals surface area contributed by atoms with E-state index < -0.39 is 0 Å². The van der Waals surface area contributed by atoms with Crippen molar-refractivity contribution in [2.45, 2.75) is 19.9 Å². The Morgan fingerprint density at radius 1 is 1.86 bits per heavy atom. The topological polar surface area (TPSA) is 26.3 Å². The number of carbonyl (C=O) groups excluding carboxylic acids is 1. The number of esters is 1. The summed E-state index contributed by atoms with van der Waals surface area (Å²) in [7, 11) is 1.82. The summed E-state index contributed by atoms with van der Waals surface area (Å²) in [5, 5.41) is 0. The SMILES string of the molecule is BC(C)OC(C)=O. The minimum atomic E-state index is -0.213. The van der Waals surface area contributed by atoms with E-state index in [1.54, 1.807) is 0 Å². The average Bonchev–Trinajstić information content (AvgIpc) is 1.27. The highest BCUT2D eigenvalue weighted by Crippen LogP contribution is 1.81. The van der Waals surface area contributed by atoms with Gasteiger partial charge in [-0.3, -0.25) is 4.79 Å². The van der Waals surface area contributed by atoms with E-state index in [-0.39, 0.29) is 12.0 Å². The van der Waals surface area contributed by atoms with Crippen LogP contribution < -0.4 is 0 Å². The molecule has 0 radical (unpaired) electrons. The van der Waals surface area contributed by atoms with Gasteiger partial charge < -0.3 is 4.74 Å². The maximum Gasteiger partial charge on any atom is 0.302 e. The molecule has 0 aliphatic rings. The Labute approximate surface area is 44.3 Å². The Bertz CT molecular complexity index is 70.1. The zero-order valence-electron chi connectivity index (χ0n) is 4.89. The van der Waals surface area contributed by atoms with Crippen LogP contribution in [0.4, 0.5) is 0 Å². The Hall–Kier alpha value is -0.465. The molecule has 0 aromatic rings. The minimum absolute atomic E-state index is 0.0255. The Kier molecular flexibility index (Phi) is 2.49. The lowest BCUT2D eigenvalue weighted by atomic mass is 10.0. The summed E-state index contributed by atoms with van der Waals surface area (Å²) in [5.74, 6) is -0.213. The number of ether oxygens (including phenoxy) is 1. The molecule has 3 heteroatoms. The molecule has 0 N–H and O–H groups in total. The van der Waals surface area contributed by atoms with Gasteiger partial charge in [0.2, 0.25) is 0 Å². The molecule has 1 atom stereocenters. The van der Waals surface area contributed by atoms with E-state index in [2.05, 4.69) is 4.74 Å². The van der Waals surface area contributed by atoms with Gasteiger partial charge in [0.15, 0.2) is 7.85 Å². The third-order valence-corrected chi connectivity index (χ3v) is 0.402. The van der Waals surface area contributed by atoms with Crippen LogP contribution in [0.25, 0.3) is 0 Å². The van der Waals surface area contributed by atoms with Gasteiger partial charge >= 0.3 is 5.97 Å². The zero-order chi connectivity index (χ0) is 5.86. The van der Waals surface area contributed by atoms with Crippen LogP contribution in [0.5, 0.6) is 0 Å². The molecule has 0 aliphatic carbocycles. The summed E-state index contributed by atoms with van der Waals surface area (Å²) in [6, 6.07) is 0.0255. The molecular formula is C4H9BO2. The quantitative estimate of drug-likeness (QED) is 0.329. The van der Waals surface area contributed by atoms with Crippen LogP contribution in [-0.4, -0.2) is 19.8 Å². The van der Waals surface area contributed by atoms with E-state index in [0.717, 1.165) is 0 Å². The first-order valence-electron chi connectivity index (χ1n) is 2.30. The molecular weight excluding hydrogens is 90.9 g/mol. The highest BCUT2D eigenvalue weighted by atomic mass is 16.5. The fraction of sp³-hybridized carbons (Fsp3) is 0.750. The van der Waals surface area contributed by atoms with E-state index in [0.29, 0.717) is 0 Å². The van der Waals surface area contributed by atoms with Gasteiger partial charge in [-0.1, -0.05) is 0 Å². The Morgan fingerprint density at radius 3 is 2.29 bits per heavy atom. The highest BCUT2D eigenvalue weighted by Gasteiger charge is 1.93. The predicted octanol–water partition coefficient (Wildman–Crippen LogP) is -0.471. The first-order chi connectivity index (χ1) is 3.13. The van der Waals surface area contributed by atoms with Crippen molar-refractivity contribution >= 4 is 13.8 Å². The number of hydrogen-bond acceptors (Lipinski definition) is 2. The normalized spacial score (nSPS) is 12.9. The van der Waals surface area contributed by atoms with Gasteiger partial charge in [-0.05, 0) is 6.92 Å². The number of carbonyl (C=O) groups is 1. The molecule has 0 amide bonds. The lowest BCUT2D eigenvalue weighted by Gasteiger charge is -2.02. The predicted molar refractivity (Wildman–Crippen MR) is 29.8 cm³/mol. The van der Waals surface area contributed by atoms with Crippen LogP contribution in [0.2, 0.25) is 0 Å². The van der Waals surface area contributed by atoms with Crippen LogP contribution in [0.15, 0.2) is 0 Å². The molecule has 0 aliphatic heterocycles. The van der Waals surface area contributed by atoms with Crippen molar-refractivity contribution in [1.82, 2.24) is 0 Å². The summed E-state index contributed by atoms with van der Waals surface area (Å²) in [6.07, 6.45) is 0. The van der Waals surface area contributed by atoms with Gasteiger partial charge in [0, 0.05) is 6.92 Å². The van der Waals surface area contributed by atoms with Crippen molar-refractivity contribution in [3.05, 3.63) is 0 Å². The Balaban J connectivity index is 3.13. The first-order valence-corrected chi connectivity index (χ1v) is 2.30. The standard InChI is InChI=1S/C4H9BO2/c1-3(5)7-4(2)6/h3H,5H2,1-2H3. The van der Waals surface area contributed by atoms with Gasteiger partial charge in [-0.15, -0.1) is 0 Å². The van der Waals surface area contributed by atoms with E-state index in [4.69, 9.17) is 0 Å². The van der Waals surface area contributed by atoms with Crippen LogP contribution >= 0.6 is 0 Å². The van der Waals surface area contributed by atoms with Crippen molar-refractivity contribution in [3.63, 3.8) is 0 Å². The summed E-state index contributed by atoms with van der Waals surface area (Å²) in [6.45, 7) is 3.22. The van der Waals surface area contributed by atoms with E-state index in [1.165, 1.54) is 6.92 Å². The molecule has 1 unspecified atom stereocenters. The van der Waals surface area contributed by atoms with Gasteiger partial charge in [-0.2, -0.15) is 0 Å². The largest absolute Gasteiger partial charge is 0.473 e. The van der Waals surface area contributed by atoms with Crippen molar-refractivity contribution in [1.29, 1.82) is 0 Å². The zero-order valence-corrected chi connectivity index (χ0v) is 4.89. The fourth-order valence-electron chi connectivity index (χ4n) is 0.332. The van der Waals surface area contributed by atoms with Gasteiger partial charge in [0.05, 0.1) is 6.00 Å². The molecule has 0 aromatic carbocycles. The van der Waals surface area contributed by atoms with E-state index in [9.17, 15) is 4.79 Å². The monoisotopic (exact) mass is 100 g/mol. The number of hydrogen-bond donors (Lipinski definition) is 0. The maximum atomic E-state index is 10.0. The van der Waals surface area contributed by atoms with Crippen LogP contribution in [-0.2, 0) is 9.53 Å². The second-order valence-electron chi connectivity index (χ2n) is 1.66. The van der Waals surface area contributed by atoms with Crippen LogP contribution in [0.1, 0.15) is 13.8 Å². The molecule has 0 saturated heterocycles. The van der Waals surface area contributed by atoms with E-state index in [1.807, 2.05) is 14.8 Å². The average molecular weight is 99.9 g/mol. The van der Waals surface area contributed by atoms with Gasteiger partial charge in [0.25, 0.3) is 0 Å². The van der Waals surface area contributed by atoms with E-state index >= 15 is 0 Å². The summed E-state index contributed by atoms with van der Waals surface area (Å²) in [4.78, 5) is 10.0. The summed E-state index contributed by atoms with van der Waals surface area (Å²) < 4.78 is 4.61. The molecule has 0 spiro atoms. The molecule has 40 valence electrons. The van der Waals surface area contributed by atoms with Crippen molar-refractivity contribution in [2.24, 2.45) is 0 Å². The molecule has 7 heavy (non-hydrogen) atoms. The molecule has 0 fully saturated rings. The highest BCUT2D eigenvalue weighted by molar-refractivity contribution is 6.11. The molecule has 0 rings (SSSR count). The van der Waals surface area contributed by atoms with Crippen molar-refractivity contribution < 1.29 is 9.53 Å². The minimum Gasteiger partial charge on any atom is -0.473 e. The molecule has 0 heterocycles. The van der Waals surface area contributed by atoms with Crippen molar-refractivity contribution in [3.8, 4) is 0 Å². The first kappa shape index (κ1) is 6.53. The van der Waals surface area contributed by atoms with Crippen molar-refractivity contribution in [2.75, 3.05) is 0 Å².